The maximum absolute atomic E-state index is 12.3. The molecule has 0 saturated carbocycles. The third-order valence-electron chi connectivity index (χ3n) is 4.97. The van der Waals surface area contributed by atoms with Crippen LogP contribution in [0.3, 0.4) is 0 Å². The van der Waals surface area contributed by atoms with E-state index in [0.29, 0.717) is 0 Å². The van der Waals surface area contributed by atoms with E-state index in [0.717, 1.165) is 50.6 Å². The molecule has 1 aromatic carbocycles. The van der Waals surface area contributed by atoms with Gasteiger partial charge in [0.1, 0.15) is 0 Å². The number of urea groups is 1. The summed E-state index contributed by atoms with van der Waals surface area (Å²) in [6.07, 6.45) is 2.68. The minimum atomic E-state index is 0.0169. The second-order valence-corrected chi connectivity index (χ2v) is 7.31. The smallest absolute Gasteiger partial charge is 0.321 e. The van der Waals surface area contributed by atoms with Crippen LogP contribution in [0, 0.1) is 5.92 Å². The lowest BCUT2D eigenvalue weighted by Crippen LogP contribution is -2.45. The molecule has 2 saturated heterocycles. The quantitative estimate of drug-likeness (QED) is 0.901. The monoisotopic (exact) mass is 331 g/mol. The molecule has 3 rings (SSSR count). The highest BCUT2D eigenvalue weighted by molar-refractivity contribution is 5.89. The number of rotatable bonds is 2. The van der Waals surface area contributed by atoms with Gasteiger partial charge in [0.15, 0.2) is 0 Å². The zero-order valence-corrected chi connectivity index (χ0v) is 15.0. The lowest BCUT2D eigenvalue weighted by Gasteiger charge is -2.37. The first-order chi connectivity index (χ1) is 11.5. The SMILES string of the molecule is CC1CCN(C(=O)Nc2ccc(N3C[C@H](C)O[C@@H](C)C3)cc2)CC1. The summed E-state index contributed by atoms with van der Waals surface area (Å²) in [6.45, 7) is 9.99. The molecular formula is C19H29N3O2. The molecule has 2 aliphatic rings. The molecule has 0 bridgehead atoms. The second kappa shape index (κ2) is 7.43. The van der Waals surface area contributed by atoms with E-state index >= 15 is 0 Å². The third-order valence-corrected chi connectivity index (χ3v) is 4.97. The second-order valence-electron chi connectivity index (χ2n) is 7.31. The van der Waals surface area contributed by atoms with Gasteiger partial charge in [-0.25, -0.2) is 4.79 Å². The first-order valence-electron chi connectivity index (χ1n) is 9.07. The van der Waals surface area contributed by atoms with Gasteiger partial charge in [0, 0.05) is 37.6 Å². The zero-order valence-electron chi connectivity index (χ0n) is 15.0. The summed E-state index contributed by atoms with van der Waals surface area (Å²) in [4.78, 5) is 16.6. The van der Waals surface area contributed by atoms with Crippen molar-refractivity contribution in [2.45, 2.75) is 45.8 Å². The Kier molecular flexibility index (Phi) is 5.29. The van der Waals surface area contributed by atoms with Crippen LogP contribution < -0.4 is 10.2 Å². The fourth-order valence-electron chi connectivity index (χ4n) is 3.56. The molecule has 2 amide bonds. The Bertz CT molecular complexity index is 542. The zero-order chi connectivity index (χ0) is 17.1. The van der Waals surface area contributed by atoms with Crippen LogP contribution in [0.25, 0.3) is 0 Å². The number of hydrogen-bond acceptors (Lipinski definition) is 3. The molecule has 2 heterocycles. The van der Waals surface area contributed by atoms with Crippen molar-refractivity contribution < 1.29 is 9.53 Å². The first-order valence-corrected chi connectivity index (χ1v) is 9.07. The Morgan fingerprint density at radius 1 is 1.04 bits per heavy atom. The van der Waals surface area contributed by atoms with Crippen molar-refractivity contribution in [1.29, 1.82) is 0 Å². The number of anilines is 2. The number of carbonyl (C=O) groups excluding carboxylic acids is 1. The first kappa shape index (κ1) is 17.1. The highest BCUT2D eigenvalue weighted by Crippen LogP contribution is 2.23. The Morgan fingerprint density at radius 2 is 1.62 bits per heavy atom. The van der Waals surface area contributed by atoms with E-state index in [9.17, 15) is 4.79 Å². The molecule has 0 aromatic heterocycles. The van der Waals surface area contributed by atoms with Crippen LogP contribution in [0.4, 0.5) is 16.2 Å². The fourth-order valence-corrected chi connectivity index (χ4v) is 3.56. The van der Waals surface area contributed by atoms with Gasteiger partial charge in [-0.2, -0.15) is 0 Å². The van der Waals surface area contributed by atoms with Gasteiger partial charge >= 0.3 is 6.03 Å². The van der Waals surface area contributed by atoms with E-state index in [1.165, 1.54) is 5.69 Å². The summed E-state index contributed by atoms with van der Waals surface area (Å²) < 4.78 is 5.78. The molecule has 0 spiro atoms. The Balaban J connectivity index is 1.57. The van der Waals surface area contributed by atoms with Crippen molar-refractivity contribution in [3.05, 3.63) is 24.3 Å². The van der Waals surface area contributed by atoms with Gasteiger partial charge in [0.05, 0.1) is 12.2 Å². The molecule has 0 aliphatic carbocycles. The minimum absolute atomic E-state index is 0.0169. The largest absolute Gasteiger partial charge is 0.372 e. The number of benzene rings is 1. The molecule has 1 aromatic rings. The van der Waals surface area contributed by atoms with Crippen LogP contribution in [0.1, 0.15) is 33.6 Å². The van der Waals surface area contributed by atoms with Crippen LogP contribution in [0.15, 0.2) is 24.3 Å². The molecule has 24 heavy (non-hydrogen) atoms. The van der Waals surface area contributed by atoms with Gasteiger partial charge in [0.25, 0.3) is 0 Å². The summed E-state index contributed by atoms with van der Waals surface area (Å²) in [7, 11) is 0. The highest BCUT2D eigenvalue weighted by atomic mass is 16.5. The number of nitrogens with zero attached hydrogens (tertiary/aromatic N) is 2. The maximum Gasteiger partial charge on any atom is 0.321 e. The number of hydrogen-bond donors (Lipinski definition) is 1. The number of carbonyl (C=O) groups is 1. The van der Waals surface area contributed by atoms with Gasteiger partial charge in [-0.05, 0) is 56.9 Å². The van der Waals surface area contributed by atoms with E-state index in [1.807, 2.05) is 17.0 Å². The van der Waals surface area contributed by atoms with E-state index in [1.54, 1.807) is 0 Å². The Morgan fingerprint density at radius 3 is 2.21 bits per heavy atom. The summed E-state index contributed by atoms with van der Waals surface area (Å²) in [5.41, 5.74) is 2.04. The molecular weight excluding hydrogens is 302 g/mol. The molecule has 0 radical (unpaired) electrons. The van der Waals surface area contributed by atoms with Crippen molar-refractivity contribution in [2.75, 3.05) is 36.4 Å². The predicted octanol–water partition coefficient (Wildman–Crippen LogP) is 3.56. The van der Waals surface area contributed by atoms with Gasteiger partial charge in [-0.1, -0.05) is 6.92 Å². The summed E-state index contributed by atoms with van der Waals surface area (Å²) in [6, 6.07) is 8.16. The van der Waals surface area contributed by atoms with E-state index < -0.39 is 0 Å². The lowest BCUT2D eigenvalue weighted by atomic mass is 10.00. The number of ether oxygens (including phenoxy) is 1. The number of nitrogens with one attached hydrogen (secondary N) is 1. The summed E-state index contributed by atoms with van der Waals surface area (Å²) in [5, 5.41) is 3.02. The van der Waals surface area contributed by atoms with Crippen molar-refractivity contribution in [3.63, 3.8) is 0 Å². The molecule has 2 fully saturated rings. The van der Waals surface area contributed by atoms with Gasteiger partial charge in [-0.3, -0.25) is 0 Å². The van der Waals surface area contributed by atoms with Crippen molar-refractivity contribution in [1.82, 2.24) is 4.90 Å². The minimum Gasteiger partial charge on any atom is -0.372 e. The van der Waals surface area contributed by atoms with Crippen LogP contribution in [-0.2, 0) is 4.74 Å². The van der Waals surface area contributed by atoms with Crippen molar-refractivity contribution >= 4 is 17.4 Å². The average Bonchev–Trinajstić information content (AvgIpc) is 2.55. The molecule has 5 heteroatoms. The van der Waals surface area contributed by atoms with Crippen molar-refractivity contribution in [3.8, 4) is 0 Å². The molecule has 1 N–H and O–H groups in total. The molecule has 2 aliphatic heterocycles. The molecule has 5 nitrogen and oxygen atoms in total. The van der Waals surface area contributed by atoms with E-state index in [2.05, 4.69) is 43.1 Å². The topological polar surface area (TPSA) is 44.8 Å². The standard InChI is InChI=1S/C19H29N3O2/c1-14-8-10-21(11-9-14)19(23)20-17-4-6-18(7-5-17)22-12-15(2)24-16(3)13-22/h4-7,14-16H,8-13H2,1-3H3,(H,20,23)/t15-,16-/m0/s1. The number of likely N-dealkylation sites (tertiary alicyclic amines) is 1. The van der Waals surface area contributed by atoms with E-state index in [-0.39, 0.29) is 18.2 Å². The van der Waals surface area contributed by atoms with Crippen LogP contribution in [0.2, 0.25) is 0 Å². The summed E-state index contributed by atoms with van der Waals surface area (Å²) >= 11 is 0. The Hall–Kier alpha value is -1.75. The van der Waals surface area contributed by atoms with E-state index in [4.69, 9.17) is 4.74 Å². The van der Waals surface area contributed by atoms with Gasteiger partial charge < -0.3 is 19.9 Å². The van der Waals surface area contributed by atoms with Gasteiger partial charge in [-0.15, -0.1) is 0 Å². The molecule has 2 atom stereocenters. The molecule has 0 unspecified atom stereocenters. The molecule has 132 valence electrons. The fraction of sp³-hybridized carbons (Fsp3) is 0.632. The van der Waals surface area contributed by atoms with Crippen molar-refractivity contribution in [2.24, 2.45) is 5.92 Å². The van der Waals surface area contributed by atoms with Crippen LogP contribution in [0.5, 0.6) is 0 Å². The number of piperidine rings is 1. The van der Waals surface area contributed by atoms with Gasteiger partial charge in [0.2, 0.25) is 0 Å². The average molecular weight is 331 g/mol. The third kappa shape index (κ3) is 4.20. The Labute approximate surface area is 145 Å². The highest BCUT2D eigenvalue weighted by Gasteiger charge is 2.23. The van der Waals surface area contributed by atoms with Crippen LogP contribution in [-0.4, -0.2) is 49.3 Å². The summed E-state index contributed by atoms with van der Waals surface area (Å²) in [5.74, 6) is 0.728. The number of morpholine rings is 1. The maximum atomic E-state index is 12.3. The predicted molar refractivity (Wildman–Crippen MR) is 97.7 cm³/mol. The lowest BCUT2D eigenvalue weighted by molar-refractivity contribution is -0.00521. The number of amides is 2. The normalized spacial score (nSPS) is 25.6. The van der Waals surface area contributed by atoms with Crippen LogP contribution >= 0.6 is 0 Å².